The number of halogens is 1. The summed E-state index contributed by atoms with van der Waals surface area (Å²) in [5, 5.41) is 0. The standard InChI is InChI=1S/C12H14FNO/c13-12-3-1-2-11(8-12)10-4-6-14(9-15)7-5-10/h1-3,8-10H,4-7H2. The third-order valence-electron chi connectivity index (χ3n) is 3.00. The van der Waals surface area contributed by atoms with Crippen LogP contribution >= 0.6 is 0 Å². The predicted octanol–water partition coefficient (Wildman–Crippen LogP) is 2.16. The minimum atomic E-state index is -0.176. The SMILES string of the molecule is O=CN1CCC(c2cccc(F)c2)CC1. The number of carbonyl (C=O) groups is 1. The Kier molecular flexibility index (Phi) is 2.99. The van der Waals surface area contributed by atoms with Gasteiger partial charge in [-0.1, -0.05) is 12.1 Å². The average molecular weight is 207 g/mol. The van der Waals surface area contributed by atoms with Crippen molar-refractivity contribution in [3.8, 4) is 0 Å². The largest absolute Gasteiger partial charge is 0.345 e. The van der Waals surface area contributed by atoms with Gasteiger partial charge < -0.3 is 4.90 Å². The van der Waals surface area contributed by atoms with Gasteiger partial charge in [0.25, 0.3) is 0 Å². The molecule has 0 aliphatic carbocycles. The van der Waals surface area contributed by atoms with Crippen LogP contribution in [-0.4, -0.2) is 24.4 Å². The van der Waals surface area contributed by atoms with E-state index in [2.05, 4.69) is 0 Å². The topological polar surface area (TPSA) is 20.3 Å². The maximum absolute atomic E-state index is 13.0. The van der Waals surface area contributed by atoms with Crippen LogP contribution in [0, 0.1) is 5.82 Å². The predicted molar refractivity (Wildman–Crippen MR) is 56.0 cm³/mol. The summed E-state index contributed by atoms with van der Waals surface area (Å²) >= 11 is 0. The van der Waals surface area contributed by atoms with Crippen LogP contribution in [0.15, 0.2) is 24.3 Å². The molecule has 2 nitrogen and oxygen atoms in total. The molecule has 0 N–H and O–H groups in total. The Hall–Kier alpha value is -1.38. The summed E-state index contributed by atoms with van der Waals surface area (Å²) in [6.45, 7) is 1.56. The third-order valence-corrected chi connectivity index (χ3v) is 3.00. The molecule has 0 bridgehead atoms. The highest BCUT2D eigenvalue weighted by molar-refractivity contribution is 5.47. The molecule has 0 saturated carbocycles. The van der Waals surface area contributed by atoms with E-state index in [1.165, 1.54) is 6.07 Å². The van der Waals surface area contributed by atoms with Crippen LogP contribution in [0.2, 0.25) is 0 Å². The second kappa shape index (κ2) is 4.43. The maximum atomic E-state index is 13.0. The molecule has 15 heavy (non-hydrogen) atoms. The summed E-state index contributed by atoms with van der Waals surface area (Å²) in [5.74, 6) is 0.224. The lowest BCUT2D eigenvalue weighted by atomic mass is 9.90. The number of hydrogen-bond acceptors (Lipinski definition) is 1. The lowest BCUT2D eigenvalue weighted by Crippen LogP contribution is -2.31. The van der Waals surface area contributed by atoms with Gasteiger partial charge in [-0.15, -0.1) is 0 Å². The van der Waals surface area contributed by atoms with E-state index in [-0.39, 0.29) is 5.82 Å². The molecular formula is C12H14FNO. The molecule has 0 radical (unpaired) electrons. The Labute approximate surface area is 88.7 Å². The van der Waals surface area contributed by atoms with Crippen molar-refractivity contribution in [2.75, 3.05) is 13.1 Å². The Morgan fingerprint density at radius 3 is 2.67 bits per heavy atom. The summed E-state index contributed by atoms with van der Waals surface area (Å²) in [5.41, 5.74) is 1.06. The summed E-state index contributed by atoms with van der Waals surface area (Å²) in [6, 6.07) is 6.77. The van der Waals surface area contributed by atoms with Crippen molar-refractivity contribution >= 4 is 6.41 Å². The Bertz CT molecular complexity index is 345. The number of amides is 1. The quantitative estimate of drug-likeness (QED) is 0.680. The Balaban J connectivity index is 2.04. The van der Waals surface area contributed by atoms with Crippen molar-refractivity contribution in [2.45, 2.75) is 18.8 Å². The van der Waals surface area contributed by atoms with Crippen molar-refractivity contribution in [3.05, 3.63) is 35.6 Å². The number of piperidine rings is 1. The van der Waals surface area contributed by atoms with Crippen LogP contribution < -0.4 is 0 Å². The van der Waals surface area contributed by atoms with E-state index in [0.717, 1.165) is 37.9 Å². The van der Waals surface area contributed by atoms with Gasteiger partial charge in [0.15, 0.2) is 0 Å². The third kappa shape index (κ3) is 2.35. The molecule has 0 unspecified atom stereocenters. The van der Waals surface area contributed by atoms with Crippen molar-refractivity contribution in [1.82, 2.24) is 4.90 Å². The number of rotatable bonds is 2. The van der Waals surface area contributed by atoms with Gasteiger partial charge in [-0.25, -0.2) is 4.39 Å². The molecule has 1 aliphatic heterocycles. The first-order valence-electron chi connectivity index (χ1n) is 5.24. The highest BCUT2D eigenvalue weighted by atomic mass is 19.1. The minimum absolute atomic E-state index is 0.176. The second-order valence-corrected chi connectivity index (χ2v) is 3.97. The Morgan fingerprint density at radius 1 is 1.33 bits per heavy atom. The van der Waals surface area contributed by atoms with Gasteiger partial charge in [0.05, 0.1) is 0 Å². The zero-order valence-corrected chi connectivity index (χ0v) is 8.53. The van der Waals surface area contributed by atoms with Crippen LogP contribution in [-0.2, 0) is 4.79 Å². The lowest BCUT2D eigenvalue weighted by Gasteiger charge is -2.29. The van der Waals surface area contributed by atoms with Gasteiger partial charge >= 0.3 is 0 Å². The fourth-order valence-electron chi connectivity index (χ4n) is 2.10. The number of nitrogens with zero attached hydrogens (tertiary/aromatic N) is 1. The molecule has 0 aromatic heterocycles. The number of benzene rings is 1. The van der Waals surface area contributed by atoms with Gasteiger partial charge in [-0.2, -0.15) is 0 Å². The molecule has 1 amide bonds. The van der Waals surface area contributed by atoms with Gasteiger partial charge in [0, 0.05) is 13.1 Å². The van der Waals surface area contributed by atoms with E-state index in [0.29, 0.717) is 5.92 Å². The van der Waals surface area contributed by atoms with E-state index in [4.69, 9.17) is 0 Å². The van der Waals surface area contributed by atoms with Crippen molar-refractivity contribution in [2.24, 2.45) is 0 Å². The van der Waals surface area contributed by atoms with Crippen molar-refractivity contribution in [1.29, 1.82) is 0 Å². The summed E-state index contributed by atoms with van der Waals surface area (Å²) < 4.78 is 13.0. The van der Waals surface area contributed by atoms with Gasteiger partial charge in [0.2, 0.25) is 6.41 Å². The number of likely N-dealkylation sites (tertiary alicyclic amines) is 1. The molecule has 1 aromatic carbocycles. The summed E-state index contributed by atoms with van der Waals surface area (Å²) in [4.78, 5) is 12.3. The molecule has 1 fully saturated rings. The van der Waals surface area contributed by atoms with Crippen LogP contribution in [0.25, 0.3) is 0 Å². The molecule has 0 atom stereocenters. The molecule has 80 valence electrons. The number of hydrogen-bond donors (Lipinski definition) is 0. The first-order valence-corrected chi connectivity index (χ1v) is 5.24. The molecule has 2 rings (SSSR count). The van der Waals surface area contributed by atoms with Gasteiger partial charge in [0.1, 0.15) is 5.82 Å². The molecule has 1 aromatic rings. The highest BCUT2D eigenvalue weighted by Gasteiger charge is 2.19. The maximum Gasteiger partial charge on any atom is 0.209 e. The first kappa shape index (κ1) is 10.1. The molecule has 3 heteroatoms. The minimum Gasteiger partial charge on any atom is -0.345 e. The number of carbonyl (C=O) groups excluding carboxylic acids is 1. The van der Waals surface area contributed by atoms with E-state index in [1.807, 2.05) is 6.07 Å². The van der Waals surface area contributed by atoms with E-state index >= 15 is 0 Å². The molecular weight excluding hydrogens is 193 g/mol. The zero-order chi connectivity index (χ0) is 10.7. The highest BCUT2D eigenvalue weighted by Crippen LogP contribution is 2.27. The Morgan fingerprint density at radius 2 is 2.07 bits per heavy atom. The van der Waals surface area contributed by atoms with E-state index < -0.39 is 0 Å². The van der Waals surface area contributed by atoms with Crippen molar-refractivity contribution < 1.29 is 9.18 Å². The van der Waals surface area contributed by atoms with Gasteiger partial charge in [-0.3, -0.25) is 4.79 Å². The van der Waals surface area contributed by atoms with Crippen LogP contribution in [0.3, 0.4) is 0 Å². The summed E-state index contributed by atoms with van der Waals surface area (Å²) in [7, 11) is 0. The molecule has 1 aliphatic rings. The van der Waals surface area contributed by atoms with Crippen molar-refractivity contribution in [3.63, 3.8) is 0 Å². The normalized spacial score (nSPS) is 17.8. The fourth-order valence-corrected chi connectivity index (χ4v) is 2.10. The monoisotopic (exact) mass is 207 g/mol. The first-order chi connectivity index (χ1) is 7.29. The van der Waals surface area contributed by atoms with Crippen LogP contribution in [0.1, 0.15) is 24.3 Å². The zero-order valence-electron chi connectivity index (χ0n) is 8.53. The smallest absolute Gasteiger partial charge is 0.209 e. The van der Waals surface area contributed by atoms with E-state index in [9.17, 15) is 9.18 Å². The van der Waals surface area contributed by atoms with Crippen LogP contribution in [0.5, 0.6) is 0 Å². The average Bonchev–Trinajstić information content (AvgIpc) is 2.29. The van der Waals surface area contributed by atoms with Crippen LogP contribution in [0.4, 0.5) is 4.39 Å². The second-order valence-electron chi connectivity index (χ2n) is 3.97. The molecule has 0 spiro atoms. The van der Waals surface area contributed by atoms with E-state index in [1.54, 1.807) is 17.0 Å². The fraction of sp³-hybridized carbons (Fsp3) is 0.417. The molecule has 1 saturated heterocycles. The molecule has 1 heterocycles. The van der Waals surface area contributed by atoms with Gasteiger partial charge in [-0.05, 0) is 36.5 Å². The summed E-state index contributed by atoms with van der Waals surface area (Å²) in [6.07, 6.45) is 2.76. The lowest BCUT2D eigenvalue weighted by molar-refractivity contribution is -0.119.